The topological polar surface area (TPSA) is 94.6 Å². The van der Waals surface area contributed by atoms with Gasteiger partial charge in [-0.1, -0.05) is 12.1 Å². The van der Waals surface area contributed by atoms with Gasteiger partial charge in [0, 0.05) is 17.8 Å². The zero-order valence-corrected chi connectivity index (χ0v) is 18.7. The van der Waals surface area contributed by atoms with Gasteiger partial charge in [-0.05, 0) is 55.8 Å². The van der Waals surface area contributed by atoms with Crippen LogP contribution < -0.4 is 10.6 Å². The molecule has 0 aliphatic carbocycles. The van der Waals surface area contributed by atoms with Crippen molar-refractivity contribution in [2.75, 3.05) is 30.3 Å². The number of amides is 2. The first-order chi connectivity index (χ1) is 16.3. The Morgan fingerprint density at radius 1 is 1.03 bits per heavy atom. The van der Waals surface area contributed by atoms with E-state index in [0.29, 0.717) is 11.6 Å². The number of carbonyl (C=O) groups is 2. The summed E-state index contributed by atoms with van der Waals surface area (Å²) < 4.78 is 40.0. The van der Waals surface area contributed by atoms with Gasteiger partial charge < -0.3 is 15.7 Å². The van der Waals surface area contributed by atoms with Gasteiger partial charge in [-0.3, -0.25) is 9.69 Å². The molecular weight excluding hydrogens is 469 g/mol. The summed E-state index contributed by atoms with van der Waals surface area (Å²) in [6.07, 6.45) is 3.51. The second-order valence-electron chi connectivity index (χ2n) is 7.89. The predicted molar refractivity (Wildman–Crippen MR) is 123 cm³/mol. The number of nitrogens with zero attached hydrogens (tertiary/aromatic N) is 2. The van der Waals surface area contributed by atoms with E-state index in [2.05, 4.69) is 15.6 Å². The Morgan fingerprint density at radius 3 is 2.41 bits per heavy atom. The fraction of sp³-hybridized carbons (Fsp3) is 0.261. The molecule has 0 bridgehead atoms. The molecule has 7 nitrogen and oxygen atoms in total. The summed E-state index contributed by atoms with van der Waals surface area (Å²) in [5.41, 5.74) is 0.864. The summed E-state index contributed by atoms with van der Waals surface area (Å²) in [5.74, 6) is -4.99. The lowest BCUT2D eigenvalue weighted by Gasteiger charge is -2.29. The van der Waals surface area contributed by atoms with Crippen LogP contribution in [0.5, 0.6) is 0 Å². The van der Waals surface area contributed by atoms with Crippen LogP contribution >= 0.6 is 11.3 Å². The molecule has 1 saturated heterocycles. The first-order valence-corrected chi connectivity index (χ1v) is 11.3. The van der Waals surface area contributed by atoms with E-state index in [9.17, 15) is 22.8 Å². The maximum Gasteiger partial charge on any atom is 0.323 e. The number of rotatable bonds is 6. The van der Waals surface area contributed by atoms with E-state index in [1.807, 2.05) is 4.90 Å². The number of hydrogen-bond donors (Lipinski definition) is 3. The monoisotopic (exact) mass is 490 g/mol. The van der Waals surface area contributed by atoms with Crippen LogP contribution in [0.3, 0.4) is 0 Å². The third-order valence-electron chi connectivity index (χ3n) is 5.53. The van der Waals surface area contributed by atoms with E-state index in [1.165, 1.54) is 0 Å². The van der Waals surface area contributed by atoms with Crippen molar-refractivity contribution in [3.05, 3.63) is 65.1 Å². The van der Waals surface area contributed by atoms with E-state index in [4.69, 9.17) is 5.11 Å². The molecular formula is C23H21F3N4O3S. The van der Waals surface area contributed by atoms with Crippen molar-refractivity contribution in [1.29, 1.82) is 0 Å². The molecule has 0 saturated carbocycles. The molecule has 0 unspecified atom stereocenters. The van der Waals surface area contributed by atoms with Crippen molar-refractivity contribution < 1.29 is 27.9 Å². The summed E-state index contributed by atoms with van der Waals surface area (Å²) in [6, 6.07) is 7.81. The number of likely N-dealkylation sites (tertiary alicyclic amines) is 1. The van der Waals surface area contributed by atoms with E-state index in [0.717, 1.165) is 53.5 Å². The van der Waals surface area contributed by atoms with Gasteiger partial charge in [0.05, 0.1) is 22.1 Å². The van der Waals surface area contributed by atoms with Crippen molar-refractivity contribution in [2.45, 2.75) is 18.8 Å². The number of benzene rings is 2. The van der Waals surface area contributed by atoms with Gasteiger partial charge in [-0.2, -0.15) is 0 Å². The van der Waals surface area contributed by atoms with Crippen molar-refractivity contribution >= 4 is 34.7 Å². The van der Waals surface area contributed by atoms with Gasteiger partial charge >= 0.3 is 12.0 Å². The Labute approximate surface area is 197 Å². The quantitative estimate of drug-likeness (QED) is 0.416. The summed E-state index contributed by atoms with van der Waals surface area (Å²) in [5, 5.41) is 14.6. The maximum atomic E-state index is 13.7. The van der Waals surface area contributed by atoms with Crippen molar-refractivity contribution in [2.24, 2.45) is 0 Å². The number of nitrogens with one attached hydrogen (secondary N) is 2. The molecule has 0 radical (unpaired) electrons. The first kappa shape index (κ1) is 23.7. The van der Waals surface area contributed by atoms with Crippen molar-refractivity contribution in [3.63, 3.8) is 0 Å². The zero-order valence-electron chi connectivity index (χ0n) is 17.9. The number of piperidine rings is 1. The smallest absolute Gasteiger partial charge is 0.323 e. The average Bonchev–Trinajstić information content (AvgIpc) is 3.30. The molecule has 2 amide bonds. The molecule has 2 aromatic carbocycles. The molecule has 178 valence electrons. The fourth-order valence-electron chi connectivity index (χ4n) is 3.76. The number of urea groups is 1. The van der Waals surface area contributed by atoms with Gasteiger partial charge in [0.2, 0.25) is 0 Å². The minimum atomic E-state index is -1.66. The van der Waals surface area contributed by atoms with Crippen LogP contribution in [0.4, 0.5) is 29.3 Å². The second-order valence-corrected chi connectivity index (χ2v) is 8.95. The van der Waals surface area contributed by atoms with E-state index in [-0.39, 0.29) is 6.54 Å². The lowest BCUT2D eigenvalue weighted by molar-refractivity contribution is -0.138. The maximum absolute atomic E-state index is 13.7. The van der Waals surface area contributed by atoms with E-state index < -0.39 is 35.1 Å². The largest absolute Gasteiger partial charge is 0.480 e. The average molecular weight is 491 g/mol. The lowest BCUT2D eigenvalue weighted by atomic mass is 9.98. The highest BCUT2D eigenvalue weighted by molar-refractivity contribution is 7.15. The number of carboxylic acids is 1. The SMILES string of the molecule is O=C(O)CN1CCC(c2ncc(-c3ccc(NC(=O)Nc4ccc(F)c(F)c4F)cc3)s2)CC1. The van der Waals surface area contributed by atoms with Gasteiger partial charge in [0.1, 0.15) is 0 Å². The van der Waals surface area contributed by atoms with Crippen LogP contribution in [0.15, 0.2) is 42.6 Å². The van der Waals surface area contributed by atoms with Gasteiger partial charge in [0.15, 0.2) is 17.5 Å². The number of aliphatic carboxylic acids is 1. The van der Waals surface area contributed by atoms with Gasteiger partial charge in [-0.25, -0.2) is 22.9 Å². The van der Waals surface area contributed by atoms with Crippen LogP contribution in [-0.2, 0) is 4.79 Å². The molecule has 3 aromatic rings. The second kappa shape index (κ2) is 10.2. The van der Waals surface area contributed by atoms with Crippen LogP contribution in [0.1, 0.15) is 23.8 Å². The van der Waals surface area contributed by atoms with Crippen LogP contribution in [0, 0.1) is 17.5 Å². The van der Waals surface area contributed by atoms with E-state index >= 15 is 0 Å². The molecule has 1 aliphatic heterocycles. The summed E-state index contributed by atoms with van der Waals surface area (Å²) in [4.78, 5) is 30.4. The number of carbonyl (C=O) groups excluding carboxylic acids is 1. The molecule has 2 heterocycles. The molecule has 1 fully saturated rings. The minimum Gasteiger partial charge on any atom is -0.480 e. The molecule has 11 heteroatoms. The van der Waals surface area contributed by atoms with Crippen LogP contribution in [0.2, 0.25) is 0 Å². The van der Waals surface area contributed by atoms with Crippen LogP contribution in [-0.4, -0.2) is 46.6 Å². The number of aromatic nitrogens is 1. The Kier molecular flexibility index (Phi) is 7.13. The highest BCUT2D eigenvalue weighted by Crippen LogP contribution is 2.35. The standard InChI is InChI=1S/C23H21F3N4O3S/c24-16-5-6-17(21(26)20(16)25)29-23(33)28-15-3-1-13(2-4-15)18-11-27-22(34-18)14-7-9-30(10-8-14)12-19(31)32/h1-6,11,14H,7-10,12H2,(H,31,32)(H2,28,29,33). The normalized spacial score (nSPS) is 14.7. The molecule has 0 spiro atoms. The molecule has 1 aromatic heterocycles. The molecule has 34 heavy (non-hydrogen) atoms. The summed E-state index contributed by atoms with van der Waals surface area (Å²) >= 11 is 1.58. The third-order valence-corrected chi connectivity index (χ3v) is 6.74. The summed E-state index contributed by atoms with van der Waals surface area (Å²) in [7, 11) is 0. The fourth-order valence-corrected chi connectivity index (χ4v) is 4.86. The Bertz CT molecular complexity index is 1190. The molecule has 4 rings (SSSR count). The number of anilines is 2. The molecule has 1 aliphatic rings. The number of hydrogen-bond acceptors (Lipinski definition) is 5. The minimum absolute atomic E-state index is 0.0595. The zero-order chi connectivity index (χ0) is 24.2. The number of halogens is 3. The third kappa shape index (κ3) is 5.54. The highest BCUT2D eigenvalue weighted by atomic mass is 32.1. The van der Waals surface area contributed by atoms with Gasteiger partial charge in [0.25, 0.3) is 0 Å². The Balaban J connectivity index is 1.34. The Morgan fingerprint density at radius 2 is 1.74 bits per heavy atom. The van der Waals surface area contributed by atoms with Crippen molar-refractivity contribution in [1.82, 2.24) is 9.88 Å². The predicted octanol–water partition coefficient (Wildman–Crippen LogP) is 5.14. The van der Waals surface area contributed by atoms with E-state index in [1.54, 1.807) is 41.8 Å². The highest BCUT2D eigenvalue weighted by Gasteiger charge is 2.24. The van der Waals surface area contributed by atoms with Crippen LogP contribution in [0.25, 0.3) is 10.4 Å². The Hall–Kier alpha value is -3.44. The number of carboxylic acid groups (broad SMARTS) is 1. The van der Waals surface area contributed by atoms with Crippen molar-refractivity contribution in [3.8, 4) is 10.4 Å². The molecule has 0 atom stereocenters. The summed E-state index contributed by atoms with van der Waals surface area (Å²) in [6.45, 7) is 1.51. The molecule has 3 N–H and O–H groups in total. The lowest BCUT2D eigenvalue weighted by Crippen LogP contribution is -2.36. The first-order valence-electron chi connectivity index (χ1n) is 10.5. The van der Waals surface area contributed by atoms with Gasteiger partial charge in [-0.15, -0.1) is 11.3 Å². The number of thiazole rings is 1.